The van der Waals surface area contributed by atoms with Crippen LogP contribution >= 0.6 is 0 Å². The number of nitrogens with one attached hydrogen (secondary N) is 1. The first kappa shape index (κ1) is 33.1. The first-order valence-corrected chi connectivity index (χ1v) is 15.5. The van der Waals surface area contributed by atoms with Gasteiger partial charge in [-0.3, -0.25) is 4.90 Å². The van der Waals surface area contributed by atoms with Gasteiger partial charge in [0.05, 0.1) is 31.1 Å². The third kappa shape index (κ3) is 12.8. The van der Waals surface area contributed by atoms with Crippen LogP contribution in [0.25, 0.3) is 0 Å². The Bertz CT molecular complexity index is 1200. The molecule has 0 spiro atoms. The minimum Gasteiger partial charge on any atom is -0.497 e. The fraction of sp³-hybridized carbons (Fsp3) is 0.533. The summed E-state index contributed by atoms with van der Waals surface area (Å²) in [6.45, 7) is 7.12. The molecule has 0 aliphatic rings. The molecular formula is C30H43N3O6S. The van der Waals surface area contributed by atoms with E-state index < -0.39 is 34.2 Å². The number of aliphatic hydroxyl groups is 1. The van der Waals surface area contributed by atoms with E-state index in [1.54, 1.807) is 7.11 Å². The number of carbonyl (C=O) groups excluding carboxylic acids is 1. The molecule has 2 aromatic rings. The first-order chi connectivity index (χ1) is 18.8. The van der Waals surface area contributed by atoms with Crippen LogP contribution in [0.15, 0.2) is 54.6 Å². The number of hydrogen-bond acceptors (Lipinski definition) is 8. The van der Waals surface area contributed by atoms with E-state index >= 15 is 0 Å². The summed E-state index contributed by atoms with van der Waals surface area (Å²) in [5.41, 5.74) is 1.77. The minimum absolute atomic E-state index is 0.190. The van der Waals surface area contributed by atoms with Crippen molar-refractivity contribution in [2.45, 2.75) is 64.8 Å². The topological polar surface area (TPSA) is 129 Å². The number of hydrogen-bond donors (Lipinski definition) is 2. The Balaban J connectivity index is 2.24. The molecule has 0 bridgehead atoms. The van der Waals surface area contributed by atoms with Gasteiger partial charge in [0.1, 0.15) is 11.9 Å². The van der Waals surface area contributed by atoms with Crippen molar-refractivity contribution in [3.8, 4) is 11.8 Å². The maximum Gasteiger partial charge on any atom is 0.407 e. The van der Waals surface area contributed by atoms with Gasteiger partial charge in [-0.2, -0.15) is 5.26 Å². The molecule has 0 radical (unpaired) electrons. The van der Waals surface area contributed by atoms with Crippen molar-refractivity contribution in [3.63, 3.8) is 0 Å². The van der Waals surface area contributed by atoms with E-state index in [4.69, 9.17) is 14.7 Å². The van der Waals surface area contributed by atoms with Gasteiger partial charge in [0.25, 0.3) is 0 Å². The van der Waals surface area contributed by atoms with Crippen molar-refractivity contribution in [2.75, 3.05) is 32.2 Å². The number of nitrogens with zero attached hydrogens (tertiary/aromatic N) is 2. The second kappa shape index (κ2) is 15.6. The second-order valence-corrected chi connectivity index (χ2v) is 13.3. The number of aliphatic hydroxyl groups excluding tert-OH is 1. The predicted octanol–water partition coefficient (Wildman–Crippen LogP) is 3.96. The summed E-state index contributed by atoms with van der Waals surface area (Å²) in [5, 5.41) is 23.3. The van der Waals surface area contributed by atoms with E-state index in [2.05, 4.69) is 30.1 Å². The summed E-state index contributed by atoms with van der Waals surface area (Å²) in [5.74, 6) is 0.458. The molecule has 3 atom stereocenters. The summed E-state index contributed by atoms with van der Waals surface area (Å²) in [7, 11) is -1.71. The molecule has 0 heterocycles. The van der Waals surface area contributed by atoms with Crippen LogP contribution in [-0.2, 0) is 27.5 Å². The van der Waals surface area contributed by atoms with E-state index in [1.807, 2.05) is 54.6 Å². The molecule has 0 fully saturated rings. The molecule has 2 N–H and O–H groups in total. The van der Waals surface area contributed by atoms with Crippen LogP contribution in [0.4, 0.5) is 4.79 Å². The highest BCUT2D eigenvalue weighted by Gasteiger charge is 2.29. The number of benzene rings is 2. The van der Waals surface area contributed by atoms with Gasteiger partial charge >= 0.3 is 6.09 Å². The standard InChI is InChI=1S/C30H43N3O6S/c1-23(21-40(5,36)37)39-29(35)32-27(18-24-10-7-6-8-11-24)28(34)20-33(22-30(2,3)16-9-17-31)19-25-12-14-26(38-4)15-13-25/h6-8,10-15,23,27-28,34H,9,16,18-22H2,1-5H3,(H,32,35). The van der Waals surface area contributed by atoms with Crippen LogP contribution in [0, 0.1) is 16.7 Å². The number of alkyl carbamates (subject to hydrolysis) is 1. The smallest absolute Gasteiger partial charge is 0.407 e. The van der Waals surface area contributed by atoms with Gasteiger partial charge in [0.15, 0.2) is 9.84 Å². The maximum atomic E-state index is 12.7. The number of amides is 1. The minimum atomic E-state index is -3.33. The highest BCUT2D eigenvalue weighted by molar-refractivity contribution is 7.90. The van der Waals surface area contributed by atoms with Crippen molar-refractivity contribution in [1.29, 1.82) is 5.26 Å². The van der Waals surface area contributed by atoms with Crippen LogP contribution < -0.4 is 10.1 Å². The second-order valence-electron chi connectivity index (χ2n) is 11.2. The molecule has 0 aromatic heterocycles. The van der Waals surface area contributed by atoms with E-state index in [0.29, 0.717) is 32.4 Å². The van der Waals surface area contributed by atoms with E-state index in [1.165, 1.54) is 6.92 Å². The third-order valence-corrected chi connectivity index (χ3v) is 7.56. The lowest BCUT2D eigenvalue weighted by molar-refractivity contribution is 0.0506. The van der Waals surface area contributed by atoms with Gasteiger partial charge in [-0.1, -0.05) is 56.3 Å². The van der Waals surface area contributed by atoms with Gasteiger partial charge in [-0.05, 0) is 48.4 Å². The van der Waals surface area contributed by atoms with Crippen LogP contribution in [0.3, 0.4) is 0 Å². The van der Waals surface area contributed by atoms with E-state index in [0.717, 1.165) is 23.1 Å². The van der Waals surface area contributed by atoms with Crippen molar-refractivity contribution < 1.29 is 27.8 Å². The van der Waals surface area contributed by atoms with Gasteiger partial charge in [0.2, 0.25) is 0 Å². The number of nitriles is 1. The SMILES string of the molecule is COc1ccc(CN(CC(O)C(Cc2ccccc2)NC(=O)OC(C)CS(C)(=O)=O)CC(C)(C)CCC#N)cc1. The molecule has 0 saturated heterocycles. The summed E-state index contributed by atoms with van der Waals surface area (Å²) < 4.78 is 33.8. The Kier molecular flexibility index (Phi) is 12.9. The highest BCUT2D eigenvalue weighted by atomic mass is 32.2. The van der Waals surface area contributed by atoms with Crippen molar-refractivity contribution in [3.05, 3.63) is 65.7 Å². The number of sulfone groups is 1. The van der Waals surface area contributed by atoms with Crippen LogP contribution in [-0.4, -0.2) is 75.0 Å². The molecule has 2 rings (SSSR count). The number of carbonyl (C=O) groups is 1. The molecule has 40 heavy (non-hydrogen) atoms. The predicted molar refractivity (Wildman–Crippen MR) is 156 cm³/mol. The van der Waals surface area contributed by atoms with Crippen LogP contribution in [0.2, 0.25) is 0 Å². The first-order valence-electron chi connectivity index (χ1n) is 13.4. The Morgan fingerprint density at radius 2 is 1.77 bits per heavy atom. The molecular weight excluding hydrogens is 530 g/mol. The zero-order valence-electron chi connectivity index (χ0n) is 24.2. The third-order valence-electron chi connectivity index (χ3n) is 6.49. The number of rotatable bonds is 16. The molecule has 3 unspecified atom stereocenters. The Morgan fingerprint density at radius 1 is 1.12 bits per heavy atom. The molecule has 1 amide bonds. The van der Waals surface area contributed by atoms with Crippen LogP contribution in [0.1, 0.15) is 44.7 Å². The molecule has 2 aromatic carbocycles. The fourth-order valence-electron chi connectivity index (χ4n) is 4.62. The highest BCUT2D eigenvalue weighted by Crippen LogP contribution is 2.25. The van der Waals surface area contributed by atoms with Gasteiger partial charge in [0, 0.05) is 32.3 Å². The summed E-state index contributed by atoms with van der Waals surface area (Å²) in [6.07, 6.45) is -0.0166. The van der Waals surface area contributed by atoms with Crippen LogP contribution in [0.5, 0.6) is 5.75 Å². The maximum absolute atomic E-state index is 12.7. The quantitative estimate of drug-likeness (QED) is 0.309. The van der Waals surface area contributed by atoms with Gasteiger partial charge in [-0.15, -0.1) is 0 Å². The number of ether oxygens (including phenoxy) is 2. The molecule has 0 saturated carbocycles. The molecule has 220 valence electrons. The normalized spacial score (nSPS) is 14.2. The Hall–Kier alpha value is -3.13. The summed E-state index contributed by atoms with van der Waals surface area (Å²) >= 11 is 0. The Labute approximate surface area is 239 Å². The lowest BCUT2D eigenvalue weighted by Crippen LogP contribution is -2.51. The lowest BCUT2D eigenvalue weighted by atomic mass is 9.87. The van der Waals surface area contributed by atoms with E-state index in [-0.39, 0.29) is 17.7 Å². The van der Waals surface area contributed by atoms with Gasteiger partial charge < -0.3 is 19.9 Å². The Morgan fingerprint density at radius 3 is 2.35 bits per heavy atom. The summed E-state index contributed by atoms with van der Waals surface area (Å²) in [6, 6.07) is 18.7. The number of methoxy groups -OCH3 is 1. The zero-order valence-corrected chi connectivity index (χ0v) is 25.0. The average Bonchev–Trinajstić information content (AvgIpc) is 2.86. The largest absolute Gasteiger partial charge is 0.497 e. The molecule has 0 aliphatic heterocycles. The fourth-order valence-corrected chi connectivity index (χ4v) is 5.55. The van der Waals surface area contributed by atoms with Crippen molar-refractivity contribution in [1.82, 2.24) is 10.2 Å². The lowest BCUT2D eigenvalue weighted by Gasteiger charge is -2.35. The summed E-state index contributed by atoms with van der Waals surface area (Å²) in [4.78, 5) is 14.9. The monoisotopic (exact) mass is 573 g/mol. The van der Waals surface area contributed by atoms with Crippen molar-refractivity contribution >= 4 is 15.9 Å². The molecule has 10 heteroatoms. The van der Waals surface area contributed by atoms with E-state index in [9.17, 15) is 18.3 Å². The average molecular weight is 574 g/mol. The van der Waals surface area contributed by atoms with Crippen molar-refractivity contribution in [2.24, 2.45) is 5.41 Å². The van der Waals surface area contributed by atoms with Gasteiger partial charge in [-0.25, -0.2) is 13.2 Å². The molecule has 0 aliphatic carbocycles. The zero-order chi connectivity index (χ0) is 29.8. The molecule has 9 nitrogen and oxygen atoms in total.